The van der Waals surface area contributed by atoms with Crippen molar-refractivity contribution in [1.82, 2.24) is 19.9 Å². The van der Waals surface area contributed by atoms with Gasteiger partial charge in [-0.3, -0.25) is 4.98 Å². The van der Waals surface area contributed by atoms with Crippen LogP contribution in [-0.2, 0) is 6.42 Å². The summed E-state index contributed by atoms with van der Waals surface area (Å²) < 4.78 is 26.9. The first-order valence-corrected chi connectivity index (χ1v) is 7.99. The van der Waals surface area contributed by atoms with Gasteiger partial charge < -0.3 is 4.90 Å². The smallest absolute Gasteiger partial charge is 0.217 e. The molecule has 4 heterocycles. The molecule has 25 heavy (non-hydrogen) atoms. The number of halogens is 2. The fourth-order valence-corrected chi connectivity index (χ4v) is 3.09. The fraction of sp³-hybridized carbons (Fsp3) is 0.222. The van der Waals surface area contributed by atoms with Crippen LogP contribution in [-0.4, -0.2) is 26.5 Å². The summed E-state index contributed by atoms with van der Waals surface area (Å²) in [6, 6.07) is 7.48. The normalized spacial score (nSPS) is 16.6. The summed E-state index contributed by atoms with van der Waals surface area (Å²) >= 11 is 0. The lowest BCUT2D eigenvalue weighted by atomic mass is 9.99. The molecule has 1 aliphatic rings. The van der Waals surface area contributed by atoms with Crippen LogP contribution in [0.5, 0.6) is 0 Å². The van der Waals surface area contributed by atoms with E-state index < -0.39 is 11.8 Å². The minimum atomic E-state index is -0.824. The lowest BCUT2D eigenvalue weighted by Gasteiger charge is -2.35. The van der Waals surface area contributed by atoms with E-state index >= 15 is 0 Å². The van der Waals surface area contributed by atoms with Crippen LogP contribution in [0.1, 0.15) is 24.2 Å². The summed E-state index contributed by atoms with van der Waals surface area (Å²) in [6.07, 6.45) is 4.10. The summed E-state index contributed by atoms with van der Waals surface area (Å²) in [5.41, 5.74) is 2.57. The van der Waals surface area contributed by atoms with Gasteiger partial charge in [-0.2, -0.15) is 4.39 Å². The number of hydrogen-bond acceptors (Lipinski definition) is 5. The zero-order valence-electron chi connectivity index (χ0n) is 13.5. The van der Waals surface area contributed by atoms with Gasteiger partial charge in [-0.1, -0.05) is 6.07 Å². The first-order valence-electron chi connectivity index (χ1n) is 7.99. The van der Waals surface area contributed by atoms with E-state index in [1.807, 2.05) is 30.0 Å². The molecule has 7 heteroatoms. The van der Waals surface area contributed by atoms with Gasteiger partial charge in [-0.15, -0.1) is 0 Å². The molecule has 0 N–H and O–H groups in total. The fourth-order valence-electron chi connectivity index (χ4n) is 3.09. The number of hydrogen-bond donors (Lipinski definition) is 0. The van der Waals surface area contributed by atoms with E-state index in [1.165, 1.54) is 6.07 Å². The standard InChI is InChI=1S/C18H15F2N5/c1-11-13-10-22-18(15-4-2-3-6-21-15)23-14(13)5-7-25(11)17-9-12(19)8-16(20)24-17/h2-4,6,8-11H,5,7H2,1H3. The molecule has 0 aliphatic carbocycles. The average molecular weight is 339 g/mol. The molecule has 3 aromatic rings. The predicted octanol–water partition coefficient (Wildman–Crippen LogP) is 3.34. The van der Waals surface area contributed by atoms with Gasteiger partial charge in [0.05, 0.1) is 11.7 Å². The number of pyridine rings is 2. The van der Waals surface area contributed by atoms with Crippen molar-refractivity contribution in [1.29, 1.82) is 0 Å². The van der Waals surface area contributed by atoms with E-state index in [-0.39, 0.29) is 11.9 Å². The number of aromatic nitrogens is 4. The van der Waals surface area contributed by atoms with Crippen LogP contribution >= 0.6 is 0 Å². The third kappa shape index (κ3) is 2.93. The van der Waals surface area contributed by atoms with Crippen LogP contribution in [0.25, 0.3) is 11.5 Å². The second-order valence-corrected chi connectivity index (χ2v) is 5.90. The van der Waals surface area contributed by atoms with E-state index in [2.05, 4.69) is 19.9 Å². The van der Waals surface area contributed by atoms with E-state index in [9.17, 15) is 8.78 Å². The third-order valence-electron chi connectivity index (χ3n) is 4.34. The second-order valence-electron chi connectivity index (χ2n) is 5.90. The Kier molecular flexibility index (Phi) is 3.83. The van der Waals surface area contributed by atoms with Crippen LogP contribution in [0.15, 0.2) is 42.7 Å². The zero-order chi connectivity index (χ0) is 17.4. The Labute approximate surface area is 143 Å². The maximum Gasteiger partial charge on any atom is 0.217 e. The Balaban J connectivity index is 1.68. The molecule has 3 aromatic heterocycles. The van der Waals surface area contributed by atoms with Gasteiger partial charge in [0.2, 0.25) is 5.95 Å². The highest BCUT2D eigenvalue weighted by Crippen LogP contribution is 2.32. The monoisotopic (exact) mass is 339 g/mol. The molecule has 4 rings (SSSR count). The Morgan fingerprint density at radius 1 is 1.12 bits per heavy atom. The van der Waals surface area contributed by atoms with Gasteiger partial charge in [0, 0.05) is 43.1 Å². The number of fused-ring (bicyclic) bond motifs is 1. The van der Waals surface area contributed by atoms with E-state index in [1.54, 1.807) is 12.4 Å². The molecule has 0 saturated heterocycles. The van der Waals surface area contributed by atoms with Crippen molar-refractivity contribution in [2.45, 2.75) is 19.4 Å². The molecule has 0 aromatic carbocycles. The third-order valence-corrected chi connectivity index (χ3v) is 4.34. The molecule has 0 spiro atoms. The highest BCUT2D eigenvalue weighted by atomic mass is 19.1. The second kappa shape index (κ2) is 6.16. The van der Waals surface area contributed by atoms with Crippen molar-refractivity contribution >= 4 is 5.82 Å². The SMILES string of the molecule is CC1c2cnc(-c3ccccn3)nc2CCN1c1cc(F)cc(F)n1. The predicted molar refractivity (Wildman–Crippen MR) is 88.9 cm³/mol. The van der Waals surface area contributed by atoms with Crippen LogP contribution in [0.2, 0.25) is 0 Å². The number of anilines is 1. The molecule has 5 nitrogen and oxygen atoms in total. The van der Waals surface area contributed by atoms with Gasteiger partial charge in [0.15, 0.2) is 5.82 Å². The Morgan fingerprint density at radius 2 is 2.00 bits per heavy atom. The van der Waals surface area contributed by atoms with Crippen molar-refractivity contribution in [3.8, 4) is 11.5 Å². The lowest BCUT2D eigenvalue weighted by molar-refractivity contribution is 0.537. The summed E-state index contributed by atoms with van der Waals surface area (Å²) in [5, 5.41) is 0. The molecular weight excluding hydrogens is 324 g/mol. The van der Waals surface area contributed by atoms with E-state index in [4.69, 9.17) is 0 Å². The lowest BCUT2D eigenvalue weighted by Crippen LogP contribution is -2.35. The largest absolute Gasteiger partial charge is 0.349 e. The summed E-state index contributed by atoms with van der Waals surface area (Å²) in [4.78, 5) is 19.0. The van der Waals surface area contributed by atoms with Crippen molar-refractivity contribution in [2.75, 3.05) is 11.4 Å². The van der Waals surface area contributed by atoms with E-state index in [0.717, 1.165) is 17.3 Å². The highest BCUT2D eigenvalue weighted by molar-refractivity contribution is 5.51. The van der Waals surface area contributed by atoms with Gasteiger partial charge in [0.25, 0.3) is 0 Å². The molecule has 0 bridgehead atoms. The molecule has 1 aliphatic heterocycles. The Morgan fingerprint density at radius 3 is 2.76 bits per heavy atom. The Bertz CT molecular complexity index is 896. The van der Waals surface area contributed by atoms with Crippen molar-refractivity contribution in [3.63, 3.8) is 0 Å². The summed E-state index contributed by atoms with van der Waals surface area (Å²) in [5.74, 6) is -0.601. The van der Waals surface area contributed by atoms with Crippen LogP contribution in [0.4, 0.5) is 14.6 Å². The zero-order valence-corrected chi connectivity index (χ0v) is 13.5. The topological polar surface area (TPSA) is 54.8 Å². The van der Waals surface area contributed by atoms with Crippen LogP contribution < -0.4 is 4.90 Å². The van der Waals surface area contributed by atoms with Crippen LogP contribution in [0.3, 0.4) is 0 Å². The quantitative estimate of drug-likeness (QED) is 0.670. The minimum absolute atomic E-state index is 0.129. The van der Waals surface area contributed by atoms with Gasteiger partial charge >= 0.3 is 0 Å². The molecule has 0 fully saturated rings. The molecule has 126 valence electrons. The molecular formula is C18H15F2N5. The van der Waals surface area contributed by atoms with Crippen molar-refractivity contribution in [3.05, 3.63) is 65.7 Å². The van der Waals surface area contributed by atoms with Gasteiger partial charge in [-0.25, -0.2) is 19.3 Å². The van der Waals surface area contributed by atoms with Gasteiger partial charge in [0.1, 0.15) is 17.3 Å². The molecule has 1 atom stereocenters. The first-order chi connectivity index (χ1) is 12.1. The Hall–Kier alpha value is -2.96. The highest BCUT2D eigenvalue weighted by Gasteiger charge is 2.27. The van der Waals surface area contributed by atoms with Crippen LogP contribution in [0, 0.1) is 11.8 Å². The number of rotatable bonds is 2. The summed E-state index contributed by atoms with van der Waals surface area (Å²) in [7, 11) is 0. The van der Waals surface area contributed by atoms with E-state index in [0.29, 0.717) is 24.5 Å². The average Bonchev–Trinajstić information content (AvgIpc) is 2.61. The molecule has 0 amide bonds. The maximum atomic E-state index is 13.5. The van der Waals surface area contributed by atoms with Crippen molar-refractivity contribution in [2.24, 2.45) is 0 Å². The summed E-state index contributed by atoms with van der Waals surface area (Å²) in [6.45, 7) is 2.52. The number of nitrogens with zero attached hydrogens (tertiary/aromatic N) is 5. The molecule has 1 unspecified atom stereocenters. The minimum Gasteiger partial charge on any atom is -0.349 e. The maximum absolute atomic E-state index is 13.5. The first kappa shape index (κ1) is 15.6. The van der Waals surface area contributed by atoms with Gasteiger partial charge in [-0.05, 0) is 19.1 Å². The molecule has 0 saturated carbocycles. The molecule has 0 radical (unpaired) electrons. The van der Waals surface area contributed by atoms with Crippen molar-refractivity contribution < 1.29 is 8.78 Å².